The van der Waals surface area contributed by atoms with Crippen LogP contribution in [0.3, 0.4) is 0 Å². The Hall–Kier alpha value is -2.64. The molecule has 4 N–H and O–H groups in total. The van der Waals surface area contributed by atoms with E-state index in [9.17, 15) is 19.2 Å². The molecule has 0 spiro atoms. The maximum absolute atomic E-state index is 11.7. The van der Waals surface area contributed by atoms with E-state index < -0.39 is 35.7 Å². The fourth-order valence-corrected chi connectivity index (χ4v) is 1.35. The summed E-state index contributed by atoms with van der Waals surface area (Å²) in [5, 5.41) is 19.4. The van der Waals surface area contributed by atoms with Crippen molar-refractivity contribution in [1.29, 1.82) is 0 Å². The summed E-state index contributed by atoms with van der Waals surface area (Å²) in [6.07, 6.45) is 1.82. The summed E-state index contributed by atoms with van der Waals surface area (Å²) in [6.45, 7) is 0. The molecule has 1 heterocycles. The standard InChI is InChI=1S/C11H12N2O6/c14-8-3-4-12-5-6(8)10(17)13-7(11(18)19)1-2-9(15)16/h3-5,7H,1-2H2,(H,12,14)(H,13,17)(H,15,16)(H,18,19)/t7-/m0/s1. The van der Waals surface area contributed by atoms with Crippen LogP contribution in [0.4, 0.5) is 0 Å². The van der Waals surface area contributed by atoms with Crippen molar-refractivity contribution in [1.82, 2.24) is 10.3 Å². The maximum Gasteiger partial charge on any atom is 0.326 e. The molecule has 0 fully saturated rings. The summed E-state index contributed by atoms with van der Waals surface area (Å²) in [6, 6.07) is -0.231. The minimum Gasteiger partial charge on any atom is -0.481 e. The average molecular weight is 268 g/mol. The molecular weight excluding hydrogens is 256 g/mol. The lowest BCUT2D eigenvalue weighted by Crippen LogP contribution is -2.42. The molecule has 1 rings (SSSR count). The Morgan fingerprint density at radius 1 is 1.32 bits per heavy atom. The second kappa shape index (κ2) is 6.34. The summed E-state index contributed by atoms with van der Waals surface area (Å²) in [4.78, 5) is 46.8. The van der Waals surface area contributed by atoms with E-state index in [0.29, 0.717) is 0 Å². The number of aliphatic carboxylic acids is 2. The molecule has 0 aliphatic heterocycles. The van der Waals surface area contributed by atoms with E-state index in [0.717, 1.165) is 12.3 Å². The lowest BCUT2D eigenvalue weighted by atomic mass is 10.1. The minimum absolute atomic E-state index is 0.232. The van der Waals surface area contributed by atoms with E-state index >= 15 is 0 Å². The van der Waals surface area contributed by atoms with Crippen molar-refractivity contribution in [3.8, 4) is 0 Å². The predicted molar refractivity (Wildman–Crippen MR) is 62.8 cm³/mol. The lowest BCUT2D eigenvalue weighted by molar-refractivity contribution is -0.140. The fourth-order valence-electron chi connectivity index (χ4n) is 1.35. The average Bonchev–Trinajstić information content (AvgIpc) is 2.34. The van der Waals surface area contributed by atoms with Crippen LogP contribution in [-0.4, -0.2) is 39.1 Å². The number of hydrogen-bond acceptors (Lipinski definition) is 4. The third-order valence-corrected chi connectivity index (χ3v) is 2.32. The summed E-state index contributed by atoms with van der Waals surface area (Å²) >= 11 is 0. The van der Waals surface area contributed by atoms with Gasteiger partial charge in [0.1, 0.15) is 11.6 Å². The third-order valence-electron chi connectivity index (χ3n) is 2.32. The lowest BCUT2D eigenvalue weighted by Gasteiger charge is -2.12. The van der Waals surface area contributed by atoms with Gasteiger partial charge in [0.2, 0.25) is 0 Å². The van der Waals surface area contributed by atoms with Crippen molar-refractivity contribution in [3.63, 3.8) is 0 Å². The van der Waals surface area contributed by atoms with Crippen LogP contribution in [0.5, 0.6) is 0 Å². The highest BCUT2D eigenvalue weighted by Crippen LogP contribution is 2.00. The molecule has 8 nitrogen and oxygen atoms in total. The smallest absolute Gasteiger partial charge is 0.326 e. The first kappa shape index (κ1) is 14.4. The minimum atomic E-state index is -1.36. The molecule has 1 atom stereocenters. The molecule has 102 valence electrons. The Bertz CT molecular complexity index is 550. The van der Waals surface area contributed by atoms with Gasteiger partial charge in [0.15, 0.2) is 5.43 Å². The molecule has 0 bridgehead atoms. The number of pyridine rings is 1. The van der Waals surface area contributed by atoms with Crippen LogP contribution in [0.15, 0.2) is 23.3 Å². The van der Waals surface area contributed by atoms with Crippen molar-refractivity contribution >= 4 is 17.8 Å². The number of aromatic amines is 1. The van der Waals surface area contributed by atoms with Crippen molar-refractivity contribution in [2.24, 2.45) is 0 Å². The summed E-state index contributed by atoms with van der Waals surface area (Å²) < 4.78 is 0. The predicted octanol–water partition coefficient (Wildman–Crippen LogP) is -0.577. The summed E-state index contributed by atoms with van der Waals surface area (Å²) in [5.41, 5.74) is -0.789. The van der Waals surface area contributed by atoms with Gasteiger partial charge in [-0.1, -0.05) is 0 Å². The molecule has 1 amide bonds. The van der Waals surface area contributed by atoms with Gasteiger partial charge in [0.05, 0.1) is 0 Å². The van der Waals surface area contributed by atoms with Crippen LogP contribution in [-0.2, 0) is 9.59 Å². The van der Waals surface area contributed by atoms with Crippen molar-refractivity contribution in [3.05, 3.63) is 34.2 Å². The van der Waals surface area contributed by atoms with E-state index in [4.69, 9.17) is 10.2 Å². The molecule has 0 unspecified atom stereocenters. The highest BCUT2D eigenvalue weighted by molar-refractivity contribution is 5.96. The van der Waals surface area contributed by atoms with Crippen LogP contribution in [0.25, 0.3) is 0 Å². The second-order valence-electron chi connectivity index (χ2n) is 3.72. The summed E-state index contributed by atoms with van der Waals surface area (Å²) in [5.74, 6) is -3.39. The highest BCUT2D eigenvalue weighted by atomic mass is 16.4. The first-order chi connectivity index (χ1) is 8.91. The van der Waals surface area contributed by atoms with E-state index in [2.05, 4.69) is 10.3 Å². The SMILES string of the molecule is O=C(O)CC[C@H](NC(=O)c1c[nH]ccc1=O)C(=O)O. The van der Waals surface area contributed by atoms with Crippen molar-refractivity contribution in [2.45, 2.75) is 18.9 Å². The van der Waals surface area contributed by atoms with Gasteiger partial charge in [-0.15, -0.1) is 0 Å². The zero-order valence-corrected chi connectivity index (χ0v) is 9.75. The van der Waals surface area contributed by atoms with Gasteiger partial charge in [-0.2, -0.15) is 0 Å². The zero-order valence-electron chi connectivity index (χ0n) is 9.75. The number of hydrogen-bond donors (Lipinski definition) is 4. The quantitative estimate of drug-likeness (QED) is 0.545. The first-order valence-electron chi connectivity index (χ1n) is 5.34. The fraction of sp³-hybridized carbons (Fsp3) is 0.273. The molecular formula is C11H12N2O6. The maximum atomic E-state index is 11.7. The van der Waals surface area contributed by atoms with E-state index in [1.807, 2.05) is 0 Å². The Morgan fingerprint density at radius 3 is 2.53 bits per heavy atom. The zero-order chi connectivity index (χ0) is 14.4. The molecule has 0 aliphatic rings. The molecule has 0 saturated heterocycles. The van der Waals surface area contributed by atoms with Crippen LogP contribution < -0.4 is 10.7 Å². The Labute approximate surface area is 107 Å². The number of rotatable bonds is 6. The Morgan fingerprint density at radius 2 is 2.00 bits per heavy atom. The Balaban J connectivity index is 2.77. The number of carbonyl (C=O) groups excluding carboxylic acids is 1. The molecule has 19 heavy (non-hydrogen) atoms. The normalized spacial score (nSPS) is 11.6. The number of carboxylic acids is 2. The van der Waals surface area contributed by atoms with Crippen LogP contribution in [0.1, 0.15) is 23.2 Å². The van der Waals surface area contributed by atoms with Gasteiger partial charge in [-0.05, 0) is 6.42 Å². The number of carbonyl (C=O) groups is 3. The van der Waals surface area contributed by atoms with E-state index in [1.54, 1.807) is 0 Å². The molecule has 0 aliphatic carbocycles. The van der Waals surface area contributed by atoms with Gasteiger partial charge in [0.25, 0.3) is 5.91 Å². The van der Waals surface area contributed by atoms with Gasteiger partial charge in [-0.25, -0.2) is 4.79 Å². The second-order valence-corrected chi connectivity index (χ2v) is 3.72. The molecule has 1 aromatic heterocycles. The largest absolute Gasteiger partial charge is 0.481 e. The molecule has 0 saturated carbocycles. The Kier molecular flexibility index (Phi) is 4.81. The first-order valence-corrected chi connectivity index (χ1v) is 5.34. The number of amides is 1. The van der Waals surface area contributed by atoms with Gasteiger partial charge < -0.3 is 20.5 Å². The number of aromatic nitrogens is 1. The van der Waals surface area contributed by atoms with Crippen LogP contribution >= 0.6 is 0 Å². The topological polar surface area (TPSA) is 137 Å². The molecule has 0 radical (unpaired) electrons. The highest BCUT2D eigenvalue weighted by Gasteiger charge is 2.22. The summed E-state index contributed by atoms with van der Waals surface area (Å²) in [7, 11) is 0. The number of H-pyrrole nitrogens is 1. The van der Waals surface area contributed by atoms with Gasteiger partial charge in [-0.3, -0.25) is 14.4 Å². The van der Waals surface area contributed by atoms with Crippen LogP contribution in [0, 0.1) is 0 Å². The van der Waals surface area contributed by atoms with Gasteiger partial charge in [0, 0.05) is 24.9 Å². The van der Waals surface area contributed by atoms with Gasteiger partial charge >= 0.3 is 11.9 Å². The van der Waals surface area contributed by atoms with Crippen molar-refractivity contribution in [2.75, 3.05) is 0 Å². The van der Waals surface area contributed by atoms with Crippen LogP contribution in [0.2, 0.25) is 0 Å². The number of carboxylic acid groups (broad SMARTS) is 2. The molecule has 0 aromatic carbocycles. The van der Waals surface area contributed by atoms with E-state index in [-0.39, 0.29) is 12.0 Å². The van der Waals surface area contributed by atoms with E-state index in [1.165, 1.54) is 6.20 Å². The monoisotopic (exact) mass is 268 g/mol. The number of nitrogens with one attached hydrogen (secondary N) is 2. The van der Waals surface area contributed by atoms with Crippen molar-refractivity contribution < 1.29 is 24.6 Å². The third kappa shape index (κ3) is 4.26. The molecule has 8 heteroatoms. The molecule has 1 aromatic rings.